The van der Waals surface area contributed by atoms with Gasteiger partial charge in [-0.25, -0.2) is 0 Å². The van der Waals surface area contributed by atoms with Crippen molar-refractivity contribution in [3.63, 3.8) is 0 Å². The van der Waals surface area contributed by atoms with Crippen molar-refractivity contribution in [1.82, 2.24) is 14.7 Å². The van der Waals surface area contributed by atoms with Crippen molar-refractivity contribution in [2.24, 2.45) is 0 Å². The Kier molecular flexibility index (Phi) is 3.90. The van der Waals surface area contributed by atoms with Gasteiger partial charge in [0.25, 0.3) is 0 Å². The monoisotopic (exact) mass is 309 g/mol. The van der Waals surface area contributed by atoms with E-state index in [-0.39, 0.29) is 11.9 Å². The minimum absolute atomic E-state index is 0.262. The smallest absolute Gasteiger partial charge is 0.227 e. The first-order valence-corrected chi connectivity index (χ1v) is 8.67. The summed E-state index contributed by atoms with van der Waals surface area (Å²) in [5.74, 6) is 0.262. The highest BCUT2D eigenvalue weighted by atomic mass is 16.2. The van der Waals surface area contributed by atoms with E-state index in [1.165, 1.54) is 36.0 Å². The van der Waals surface area contributed by atoms with Crippen molar-refractivity contribution in [2.75, 3.05) is 6.54 Å². The lowest BCUT2D eigenvalue weighted by Gasteiger charge is -2.25. The van der Waals surface area contributed by atoms with Gasteiger partial charge in [-0.1, -0.05) is 18.2 Å². The number of amides is 1. The van der Waals surface area contributed by atoms with Gasteiger partial charge in [0, 0.05) is 18.9 Å². The van der Waals surface area contributed by atoms with Gasteiger partial charge in [0.05, 0.1) is 19.0 Å². The molecule has 4 heteroatoms. The average molecular weight is 309 g/mol. The number of aromatic nitrogens is 2. The quantitative estimate of drug-likeness (QED) is 0.871. The van der Waals surface area contributed by atoms with Crippen LogP contribution >= 0.6 is 0 Å². The molecule has 23 heavy (non-hydrogen) atoms. The molecule has 1 aliphatic heterocycles. The maximum atomic E-state index is 12.8. The molecule has 1 aliphatic carbocycles. The second kappa shape index (κ2) is 6.19. The van der Waals surface area contributed by atoms with Crippen molar-refractivity contribution in [3.8, 4) is 0 Å². The summed E-state index contributed by atoms with van der Waals surface area (Å²) in [6.45, 7) is 1.69. The summed E-state index contributed by atoms with van der Waals surface area (Å²) < 4.78 is 1.94. The highest BCUT2D eigenvalue weighted by Gasteiger charge is 2.29. The molecule has 0 N–H and O–H groups in total. The Hall–Kier alpha value is -2.10. The van der Waals surface area contributed by atoms with Crippen LogP contribution in [0.15, 0.2) is 36.7 Å². The number of fused-ring (bicyclic) bond motifs is 1. The molecule has 1 aromatic carbocycles. The minimum atomic E-state index is 0.262. The van der Waals surface area contributed by atoms with E-state index in [1.54, 1.807) is 6.20 Å². The van der Waals surface area contributed by atoms with Crippen molar-refractivity contribution in [1.29, 1.82) is 0 Å². The van der Waals surface area contributed by atoms with Crippen molar-refractivity contribution < 1.29 is 4.79 Å². The van der Waals surface area contributed by atoms with Gasteiger partial charge >= 0.3 is 0 Å². The van der Waals surface area contributed by atoms with E-state index >= 15 is 0 Å². The zero-order valence-electron chi connectivity index (χ0n) is 13.4. The van der Waals surface area contributed by atoms with E-state index in [9.17, 15) is 4.79 Å². The molecule has 4 nitrogen and oxygen atoms in total. The lowest BCUT2D eigenvalue weighted by Crippen LogP contribution is -2.39. The topological polar surface area (TPSA) is 38.1 Å². The zero-order chi connectivity index (χ0) is 15.6. The van der Waals surface area contributed by atoms with Gasteiger partial charge in [-0.2, -0.15) is 5.10 Å². The molecule has 1 aromatic heterocycles. The molecule has 1 atom stereocenters. The summed E-state index contributed by atoms with van der Waals surface area (Å²) in [5, 5.41) is 4.28. The van der Waals surface area contributed by atoms with Gasteiger partial charge in [-0.05, 0) is 54.9 Å². The third kappa shape index (κ3) is 3.03. The first-order chi connectivity index (χ1) is 11.3. The van der Waals surface area contributed by atoms with Crippen molar-refractivity contribution in [3.05, 3.63) is 53.3 Å². The van der Waals surface area contributed by atoms with E-state index in [2.05, 4.69) is 28.2 Å². The number of benzene rings is 1. The Balaban J connectivity index is 1.43. The van der Waals surface area contributed by atoms with Crippen LogP contribution in [-0.4, -0.2) is 33.2 Å². The third-order valence-corrected chi connectivity index (χ3v) is 5.17. The van der Waals surface area contributed by atoms with Crippen LogP contribution in [0, 0.1) is 0 Å². The molecule has 1 fully saturated rings. The highest BCUT2D eigenvalue weighted by Crippen LogP contribution is 2.24. The van der Waals surface area contributed by atoms with E-state index in [0.29, 0.717) is 6.42 Å². The minimum Gasteiger partial charge on any atom is -0.338 e. The van der Waals surface area contributed by atoms with Gasteiger partial charge in [0.2, 0.25) is 5.91 Å². The summed E-state index contributed by atoms with van der Waals surface area (Å²) in [6.07, 6.45) is 10.1. The van der Waals surface area contributed by atoms with Crippen LogP contribution < -0.4 is 0 Å². The van der Waals surface area contributed by atoms with Crippen molar-refractivity contribution in [2.45, 2.75) is 51.1 Å². The Morgan fingerprint density at radius 3 is 3.00 bits per heavy atom. The second-order valence-electron chi connectivity index (χ2n) is 6.74. The van der Waals surface area contributed by atoms with E-state index in [0.717, 1.165) is 25.9 Å². The molecule has 2 aromatic rings. The standard InChI is InChI=1S/C19H23N3O/c23-19(13-15-7-8-16-4-1-5-17(16)12-15)22-11-2-6-18(22)14-21-10-3-9-20-21/h3,7-10,12,18H,1-2,4-6,11,13-14H2/t18-/m1/s1. The Morgan fingerprint density at radius 2 is 2.13 bits per heavy atom. The number of carbonyl (C=O) groups is 1. The first-order valence-electron chi connectivity index (χ1n) is 8.67. The van der Waals surface area contributed by atoms with Crippen molar-refractivity contribution >= 4 is 5.91 Å². The SMILES string of the molecule is O=C(Cc1ccc2c(c1)CCC2)N1CCC[C@@H]1Cn1cccn1. The summed E-state index contributed by atoms with van der Waals surface area (Å²) in [4.78, 5) is 14.8. The van der Waals surface area contributed by atoms with Gasteiger partial charge in [-0.3, -0.25) is 9.48 Å². The van der Waals surface area contributed by atoms with Crippen LogP contribution in [0.2, 0.25) is 0 Å². The molecular weight excluding hydrogens is 286 g/mol. The fraction of sp³-hybridized carbons (Fsp3) is 0.474. The third-order valence-electron chi connectivity index (χ3n) is 5.17. The van der Waals surface area contributed by atoms with Crippen LogP contribution in [0.1, 0.15) is 36.0 Å². The Labute approximate surface area is 137 Å². The predicted molar refractivity (Wildman–Crippen MR) is 89.1 cm³/mol. The number of hydrogen-bond acceptors (Lipinski definition) is 2. The van der Waals surface area contributed by atoms with Gasteiger partial charge in [0.1, 0.15) is 0 Å². The molecule has 120 valence electrons. The summed E-state index contributed by atoms with van der Waals surface area (Å²) >= 11 is 0. The molecule has 0 saturated carbocycles. The van der Waals surface area contributed by atoms with E-state index in [1.807, 2.05) is 16.9 Å². The largest absolute Gasteiger partial charge is 0.338 e. The number of aryl methyl sites for hydroxylation is 2. The predicted octanol–water partition coefficient (Wildman–Crippen LogP) is 2.61. The fourth-order valence-corrected chi connectivity index (χ4v) is 3.99. The zero-order valence-corrected chi connectivity index (χ0v) is 13.4. The highest BCUT2D eigenvalue weighted by molar-refractivity contribution is 5.79. The van der Waals surface area contributed by atoms with Crippen LogP contribution in [0.4, 0.5) is 0 Å². The molecule has 4 rings (SSSR count). The number of hydrogen-bond donors (Lipinski definition) is 0. The molecule has 2 heterocycles. The first kappa shape index (κ1) is 14.5. The van der Waals surface area contributed by atoms with Gasteiger partial charge < -0.3 is 4.90 Å². The lowest BCUT2D eigenvalue weighted by atomic mass is 10.0. The lowest BCUT2D eigenvalue weighted by molar-refractivity contribution is -0.131. The molecular formula is C19H23N3O. The average Bonchev–Trinajstić information content (AvgIpc) is 3.28. The Morgan fingerprint density at radius 1 is 1.22 bits per heavy atom. The summed E-state index contributed by atoms with van der Waals surface area (Å²) in [5.41, 5.74) is 4.09. The van der Waals surface area contributed by atoms with Crippen LogP contribution in [0.5, 0.6) is 0 Å². The maximum absolute atomic E-state index is 12.8. The molecule has 1 amide bonds. The number of nitrogens with zero attached hydrogens (tertiary/aromatic N) is 3. The summed E-state index contributed by atoms with van der Waals surface area (Å²) in [6, 6.07) is 8.83. The summed E-state index contributed by atoms with van der Waals surface area (Å²) in [7, 11) is 0. The van der Waals surface area contributed by atoms with E-state index < -0.39 is 0 Å². The normalized spacial score (nSPS) is 20.0. The molecule has 0 unspecified atom stereocenters. The maximum Gasteiger partial charge on any atom is 0.227 e. The van der Waals surface area contributed by atoms with E-state index in [4.69, 9.17) is 0 Å². The Bertz CT molecular complexity index is 693. The molecule has 2 aliphatic rings. The van der Waals surface area contributed by atoms with Gasteiger partial charge in [-0.15, -0.1) is 0 Å². The van der Waals surface area contributed by atoms with Crippen LogP contribution in [0.3, 0.4) is 0 Å². The fourth-order valence-electron chi connectivity index (χ4n) is 3.99. The number of rotatable bonds is 4. The van der Waals surface area contributed by atoms with Gasteiger partial charge in [0.15, 0.2) is 0 Å². The molecule has 1 saturated heterocycles. The van der Waals surface area contributed by atoms with Crippen LogP contribution in [-0.2, 0) is 30.6 Å². The molecule has 0 radical (unpaired) electrons. The molecule has 0 spiro atoms. The van der Waals surface area contributed by atoms with Crippen LogP contribution in [0.25, 0.3) is 0 Å². The second-order valence-corrected chi connectivity index (χ2v) is 6.74. The number of carbonyl (C=O) groups excluding carboxylic acids is 1. The molecule has 0 bridgehead atoms. The number of likely N-dealkylation sites (tertiary alicyclic amines) is 1.